The molecule has 0 heterocycles. The van der Waals surface area contributed by atoms with Gasteiger partial charge >= 0.3 is 0 Å². The molecule has 0 radical (unpaired) electrons. The van der Waals surface area contributed by atoms with Gasteiger partial charge in [-0.05, 0) is 23.1 Å². The van der Waals surface area contributed by atoms with Crippen LogP contribution in [0.5, 0.6) is 0 Å². The lowest BCUT2D eigenvalue weighted by atomic mass is 9.80. The van der Waals surface area contributed by atoms with Crippen LogP contribution >= 0.6 is 0 Å². The third-order valence-electron chi connectivity index (χ3n) is 8.40. The largest absolute Gasteiger partial charge is 0.374 e. The van der Waals surface area contributed by atoms with E-state index in [1.165, 1.54) is 96.3 Å². The molecule has 0 amide bonds. The highest BCUT2D eigenvalue weighted by molar-refractivity contribution is 5.81. The second-order valence-corrected chi connectivity index (χ2v) is 12.0. The van der Waals surface area contributed by atoms with Crippen molar-refractivity contribution in [1.29, 1.82) is 0 Å². The van der Waals surface area contributed by atoms with Crippen molar-refractivity contribution in [3.63, 3.8) is 0 Å². The zero-order chi connectivity index (χ0) is 30.3. The fourth-order valence-electron chi connectivity index (χ4n) is 5.94. The van der Waals surface area contributed by atoms with Crippen molar-refractivity contribution in [3.05, 3.63) is 108 Å². The number of ketones is 1. The number of hydrogen-bond donors (Lipinski definition) is 0. The van der Waals surface area contributed by atoms with Crippen LogP contribution in [0.3, 0.4) is 0 Å². The van der Waals surface area contributed by atoms with Crippen LogP contribution in [-0.2, 0) is 19.9 Å². The van der Waals surface area contributed by atoms with Gasteiger partial charge in [0.1, 0.15) is 18.8 Å². The van der Waals surface area contributed by atoms with E-state index >= 15 is 0 Å². The highest BCUT2D eigenvalue weighted by Crippen LogP contribution is 2.40. The van der Waals surface area contributed by atoms with Gasteiger partial charge in [0.25, 0.3) is 0 Å². The molecule has 3 heteroatoms. The molecule has 0 aliphatic heterocycles. The van der Waals surface area contributed by atoms with E-state index in [0.29, 0.717) is 6.61 Å². The monoisotopic (exact) mass is 584 g/mol. The number of hydrogen-bond acceptors (Lipinski definition) is 3. The number of carbonyl (C=O) groups is 1. The molecule has 0 atom stereocenters. The Hall–Kier alpha value is -2.75. The minimum atomic E-state index is -0.882. The zero-order valence-electron chi connectivity index (χ0n) is 26.8. The molecule has 43 heavy (non-hydrogen) atoms. The molecule has 0 aromatic heterocycles. The van der Waals surface area contributed by atoms with Gasteiger partial charge in [-0.1, -0.05) is 194 Å². The van der Waals surface area contributed by atoms with E-state index in [9.17, 15) is 4.79 Å². The van der Waals surface area contributed by atoms with Crippen molar-refractivity contribution in [2.75, 3.05) is 19.8 Å². The van der Waals surface area contributed by atoms with Gasteiger partial charge in [0.2, 0.25) is 0 Å². The predicted octanol–water partition coefficient (Wildman–Crippen LogP) is 10.8. The summed E-state index contributed by atoms with van der Waals surface area (Å²) >= 11 is 0. The molecule has 0 aliphatic rings. The molecule has 234 valence electrons. The Balaban J connectivity index is 1.30. The topological polar surface area (TPSA) is 35.5 Å². The summed E-state index contributed by atoms with van der Waals surface area (Å²) in [5, 5.41) is 0. The molecule has 3 aromatic carbocycles. The smallest absolute Gasteiger partial charge is 0.184 e. The Kier molecular flexibility index (Phi) is 17.7. The van der Waals surface area contributed by atoms with Crippen LogP contribution in [0.1, 0.15) is 126 Å². The highest BCUT2D eigenvalue weighted by atomic mass is 16.5. The molecule has 3 nitrogen and oxygen atoms in total. The van der Waals surface area contributed by atoms with Crippen molar-refractivity contribution in [1.82, 2.24) is 0 Å². The first-order valence-corrected chi connectivity index (χ1v) is 17.2. The van der Waals surface area contributed by atoms with E-state index in [1.54, 1.807) is 0 Å². The van der Waals surface area contributed by atoms with E-state index in [2.05, 4.69) is 43.3 Å². The van der Waals surface area contributed by atoms with Gasteiger partial charge in [0.15, 0.2) is 5.78 Å². The summed E-state index contributed by atoms with van der Waals surface area (Å²) in [7, 11) is 0. The van der Waals surface area contributed by atoms with Gasteiger partial charge in [0, 0.05) is 6.61 Å². The third kappa shape index (κ3) is 12.8. The minimum Gasteiger partial charge on any atom is -0.374 e. The molecule has 0 fully saturated rings. The van der Waals surface area contributed by atoms with Gasteiger partial charge in [-0.25, -0.2) is 0 Å². The highest BCUT2D eigenvalue weighted by Gasteiger charge is 2.38. The first kappa shape index (κ1) is 34.7. The zero-order valence-corrected chi connectivity index (χ0v) is 26.8. The molecule has 0 bridgehead atoms. The molecule has 0 saturated heterocycles. The first-order chi connectivity index (χ1) is 21.3. The van der Waals surface area contributed by atoms with Gasteiger partial charge in [-0.15, -0.1) is 0 Å². The Morgan fingerprint density at radius 3 is 1.21 bits per heavy atom. The van der Waals surface area contributed by atoms with E-state index in [0.717, 1.165) is 23.1 Å². The molecule has 0 N–H and O–H groups in total. The molecular formula is C40H56O3. The molecule has 3 rings (SSSR count). The summed E-state index contributed by atoms with van der Waals surface area (Å²) in [5.74, 6) is -0.0383. The summed E-state index contributed by atoms with van der Waals surface area (Å²) in [4.78, 5) is 12.9. The number of carbonyl (C=O) groups excluding carboxylic acids is 1. The van der Waals surface area contributed by atoms with Gasteiger partial charge in [-0.2, -0.15) is 0 Å². The number of rotatable bonds is 25. The average Bonchev–Trinajstić information content (AvgIpc) is 3.06. The summed E-state index contributed by atoms with van der Waals surface area (Å²) < 4.78 is 12.4. The Morgan fingerprint density at radius 1 is 0.488 bits per heavy atom. The maximum absolute atomic E-state index is 12.9. The van der Waals surface area contributed by atoms with E-state index in [-0.39, 0.29) is 19.0 Å². The van der Waals surface area contributed by atoms with Crippen molar-refractivity contribution < 1.29 is 14.3 Å². The maximum atomic E-state index is 12.9. The van der Waals surface area contributed by atoms with Crippen LogP contribution in [0, 0.1) is 0 Å². The summed E-state index contributed by atoms with van der Waals surface area (Å²) in [6.45, 7) is 2.99. The Morgan fingerprint density at radius 2 is 0.837 bits per heavy atom. The SMILES string of the molecule is CCCCCCCCCCCCCCCCCCOCC(=O)COC(c1ccccc1)(c1ccccc1)c1ccccc1. The fraction of sp³-hybridized carbons (Fsp3) is 0.525. The van der Waals surface area contributed by atoms with E-state index < -0.39 is 5.60 Å². The van der Waals surface area contributed by atoms with Crippen LogP contribution in [-0.4, -0.2) is 25.6 Å². The van der Waals surface area contributed by atoms with Crippen molar-refractivity contribution in [2.24, 2.45) is 0 Å². The summed E-state index contributed by atoms with van der Waals surface area (Å²) in [5.41, 5.74) is 2.10. The van der Waals surface area contributed by atoms with Crippen LogP contribution in [0.4, 0.5) is 0 Å². The molecule has 0 aliphatic carbocycles. The number of unbranched alkanes of at least 4 members (excludes halogenated alkanes) is 15. The number of benzene rings is 3. The van der Waals surface area contributed by atoms with Crippen molar-refractivity contribution in [3.8, 4) is 0 Å². The number of Topliss-reactive ketones (excluding diaryl/α,β-unsaturated/α-hetero) is 1. The summed E-state index contributed by atoms with van der Waals surface area (Å²) in [6.07, 6.45) is 21.6. The Bertz CT molecular complexity index is 984. The molecule has 3 aromatic rings. The van der Waals surface area contributed by atoms with Gasteiger partial charge in [-0.3, -0.25) is 4.79 Å². The lowest BCUT2D eigenvalue weighted by Gasteiger charge is -2.35. The molecular weight excluding hydrogens is 528 g/mol. The first-order valence-electron chi connectivity index (χ1n) is 17.2. The lowest BCUT2D eigenvalue weighted by Crippen LogP contribution is -2.35. The van der Waals surface area contributed by atoms with Crippen molar-refractivity contribution >= 4 is 5.78 Å². The second-order valence-electron chi connectivity index (χ2n) is 12.0. The predicted molar refractivity (Wildman–Crippen MR) is 181 cm³/mol. The summed E-state index contributed by atoms with van der Waals surface area (Å²) in [6, 6.07) is 30.5. The lowest BCUT2D eigenvalue weighted by molar-refractivity contribution is -0.132. The van der Waals surface area contributed by atoms with Crippen LogP contribution in [0.25, 0.3) is 0 Å². The van der Waals surface area contributed by atoms with Crippen LogP contribution < -0.4 is 0 Å². The van der Waals surface area contributed by atoms with E-state index in [4.69, 9.17) is 9.47 Å². The van der Waals surface area contributed by atoms with Crippen LogP contribution in [0.2, 0.25) is 0 Å². The normalized spacial score (nSPS) is 11.6. The third-order valence-corrected chi connectivity index (χ3v) is 8.40. The maximum Gasteiger partial charge on any atom is 0.184 e. The molecule has 0 unspecified atom stereocenters. The second kappa shape index (κ2) is 21.9. The quantitative estimate of drug-likeness (QED) is 0.0734. The molecule has 0 spiro atoms. The van der Waals surface area contributed by atoms with Gasteiger partial charge in [0.05, 0.1) is 0 Å². The standard InChI is InChI=1S/C40H56O3/c1-2-3-4-5-6-7-8-9-10-11-12-13-14-15-16-26-33-42-34-39(41)35-43-40(36-27-20-17-21-28-36,37-29-22-18-23-30-37)38-31-24-19-25-32-38/h17-25,27-32H,2-16,26,33-35H2,1H3. The van der Waals surface area contributed by atoms with Crippen LogP contribution in [0.15, 0.2) is 91.0 Å². The molecule has 0 saturated carbocycles. The van der Waals surface area contributed by atoms with Gasteiger partial charge < -0.3 is 9.47 Å². The minimum absolute atomic E-state index is 0.0162. The average molecular weight is 585 g/mol. The van der Waals surface area contributed by atoms with Crippen molar-refractivity contribution in [2.45, 2.75) is 115 Å². The Labute approximate surface area is 262 Å². The van der Waals surface area contributed by atoms with E-state index in [1.807, 2.05) is 54.6 Å². The fourth-order valence-corrected chi connectivity index (χ4v) is 5.94. The number of ether oxygens (including phenoxy) is 2.